The van der Waals surface area contributed by atoms with Crippen LogP contribution in [0.5, 0.6) is 0 Å². The van der Waals surface area contributed by atoms with Gasteiger partial charge in [-0.15, -0.1) is 0 Å². The monoisotopic (exact) mass is 550 g/mol. The van der Waals surface area contributed by atoms with Crippen LogP contribution in [0.3, 0.4) is 0 Å². The van der Waals surface area contributed by atoms with Gasteiger partial charge in [-0.25, -0.2) is 9.97 Å². The largest absolute Gasteiger partial charge is 0.437 e. The van der Waals surface area contributed by atoms with Gasteiger partial charge in [-0.2, -0.15) is 13.2 Å². The molecule has 1 unspecified atom stereocenters. The number of Topliss-reactive ketones (excluding diaryl/α,β-unsaturated/α-hetero) is 1. The molecule has 4 aromatic rings. The Hall–Kier alpha value is -4.51. The van der Waals surface area contributed by atoms with Crippen molar-refractivity contribution >= 4 is 17.5 Å². The number of anilines is 1. The van der Waals surface area contributed by atoms with Gasteiger partial charge in [-0.1, -0.05) is 54.6 Å². The Kier molecular flexibility index (Phi) is 7.65. The van der Waals surface area contributed by atoms with Gasteiger partial charge in [0.2, 0.25) is 17.4 Å². The molecule has 5 rings (SSSR count). The summed E-state index contributed by atoms with van der Waals surface area (Å²) < 4.78 is 46.1. The second-order valence-corrected chi connectivity index (χ2v) is 9.31. The van der Waals surface area contributed by atoms with Gasteiger partial charge >= 0.3 is 6.18 Å². The number of piperazine rings is 1. The van der Waals surface area contributed by atoms with Crippen molar-refractivity contribution in [3.8, 4) is 11.5 Å². The third-order valence-corrected chi connectivity index (χ3v) is 6.61. The highest BCUT2D eigenvalue weighted by Gasteiger charge is 2.41. The number of aliphatic hydroxyl groups is 1. The topological polar surface area (TPSA) is 99.8 Å². The SMILES string of the molecule is O=C(Cc1ccc(N2CCN(C(=O)C(O)c3ccccc3)CC2)nc1)c1oc(-c2ccccc2)nc1C(F)(F)F. The summed E-state index contributed by atoms with van der Waals surface area (Å²) in [6.45, 7) is 1.74. The van der Waals surface area contributed by atoms with Crippen molar-refractivity contribution in [2.75, 3.05) is 31.1 Å². The van der Waals surface area contributed by atoms with Crippen molar-refractivity contribution in [2.24, 2.45) is 0 Å². The van der Waals surface area contributed by atoms with E-state index in [1.54, 1.807) is 71.6 Å². The number of hydrogen-bond donors (Lipinski definition) is 1. The Balaban J connectivity index is 1.22. The fourth-order valence-electron chi connectivity index (χ4n) is 4.49. The lowest BCUT2D eigenvalue weighted by Crippen LogP contribution is -2.50. The van der Waals surface area contributed by atoms with Gasteiger partial charge in [-0.3, -0.25) is 9.59 Å². The van der Waals surface area contributed by atoms with E-state index in [-0.39, 0.29) is 18.2 Å². The highest BCUT2D eigenvalue weighted by molar-refractivity contribution is 5.96. The smallest absolute Gasteiger partial charge is 0.432 e. The number of ketones is 1. The number of pyridine rings is 1. The summed E-state index contributed by atoms with van der Waals surface area (Å²) in [5.74, 6) is -1.74. The van der Waals surface area contributed by atoms with Crippen LogP contribution in [0.4, 0.5) is 19.0 Å². The minimum absolute atomic E-state index is 0.279. The number of alkyl halides is 3. The molecule has 0 bridgehead atoms. The normalized spacial score (nSPS) is 14.7. The average molecular weight is 551 g/mol. The summed E-state index contributed by atoms with van der Waals surface area (Å²) >= 11 is 0. The lowest BCUT2D eigenvalue weighted by molar-refractivity contribution is -0.142. The maximum absolute atomic E-state index is 13.6. The second-order valence-electron chi connectivity index (χ2n) is 9.31. The summed E-state index contributed by atoms with van der Waals surface area (Å²) in [6, 6.07) is 20.1. The fraction of sp³-hybridized carbons (Fsp3) is 0.241. The first-order valence-corrected chi connectivity index (χ1v) is 12.6. The lowest BCUT2D eigenvalue weighted by atomic mass is 10.1. The number of rotatable bonds is 7. The molecule has 0 aliphatic carbocycles. The van der Waals surface area contributed by atoms with Crippen molar-refractivity contribution < 1.29 is 32.3 Å². The Morgan fingerprint density at radius 1 is 0.925 bits per heavy atom. The summed E-state index contributed by atoms with van der Waals surface area (Å²) in [5, 5.41) is 10.4. The number of aliphatic hydroxyl groups excluding tert-OH is 1. The number of oxazole rings is 1. The summed E-state index contributed by atoms with van der Waals surface area (Å²) in [4.78, 5) is 37.0. The minimum Gasteiger partial charge on any atom is -0.432 e. The van der Waals surface area contributed by atoms with Crippen LogP contribution in [0.25, 0.3) is 11.5 Å². The molecule has 0 radical (unpaired) electrons. The van der Waals surface area contributed by atoms with Crippen molar-refractivity contribution in [3.05, 3.63) is 102 Å². The highest BCUT2D eigenvalue weighted by atomic mass is 19.4. The molecule has 40 heavy (non-hydrogen) atoms. The maximum Gasteiger partial charge on any atom is 0.437 e. The zero-order valence-corrected chi connectivity index (χ0v) is 21.2. The van der Waals surface area contributed by atoms with Crippen LogP contribution in [0.2, 0.25) is 0 Å². The predicted molar refractivity (Wildman–Crippen MR) is 139 cm³/mol. The molecule has 1 saturated heterocycles. The highest BCUT2D eigenvalue weighted by Crippen LogP contribution is 2.35. The van der Waals surface area contributed by atoms with Crippen LogP contribution in [0.15, 0.2) is 83.4 Å². The van der Waals surface area contributed by atoms with E-state index in [1.165, 1.54) is 6.20 Å². The molecule has 1 N–H and O–H groups in total. The number of benzene rings is 2. The molecule has 1 amide bonds. The first-order valence-electron chi connectivity index (χ1n) is 12.6. The zero-order valence-electron chi connectivity index (χ0n) is 21.2. The number of hydrogen-bond acceptors (Lipinski definition) is 7. The summed E-state index contributed by atoms with van der Waals surface area (Å²) in [5.41, 5.74) is -0.0785. The molecule has 206 valence electrons. The van der Waals surface area contributed by atoms with Gasteiger partial charge in [0.25, 0.3) is 5.91 Å². The van der Waals surface area contributed by atoms with E-state index in [2.05, 4.69) is 9.97 Å². The number of carbonyl (C=O) groups is 2. The van der Waals surface area contributed by atoms with E-state index in [9.17, 15) is 27.9 Å². The lowest BCUT2D eigenvalue weighted by Gasteiger charge is -2.36. The standard InChI is InChI=1S/C29H25F3N4O4/c30-29(31,32)26-25(40-27(34-26)21-9-5-2-6-10-21)22(37)17-19-11-12-23(33-18-19)35-13-15-36(16-14-35)28(39)24(38)20-7-3-1-4-8-20/h1-12,18,24,38H,13-17H2. The molecule has 1 fully saturated rings. The van der Waals surface area contributed by atoms with Crippen LogP contribution < -0.4 is 4.90 Å². The van der Waals surface area contributed by atoms with Crippen LogP contribution in [0, 0.1) is 0 Å². The Morgan fingerprint density at radius 3 is 2.17 bits per heavy atom. The van der Waals surface area contributed by atoms with Crippen molar-refractivity contribution in [2.45, 2.75) is 18.7 Å². The average Bonchev–Trinajstić information content (AvgIpc) is 3.45. The van der Waals surface area contributed by atoms with E-state index < -0.39 is 29.5 Å². The van der Waals surface area contributed by atoms with Crippen molar-refractivity contribution in [3.63, 3.8) is 0 Å². The molecule has 1 aliphatic rings. The first-order chi connectivity index (χ1) is 19.2. The molecule has 1 aliphatic heterocycles. The third kappa shape index (κ3) is 5.89. The van der Waals surface area contributed by atoms with E-state index >= 15 is 0 Å². The molecule has 3 heterocycles. The Morgan fingerprint density at radius 2 is 1.57 bits per heavy atom. The molecule has 11 heteroatoms. The molecule has 2 aromatic heterocycles. The van der Waals surface area contributed by atoms with Gasteiger partial charge in [0.15, 0.2) is 11.8 Å². The van der Waals surface area contributed by atoms with Crippen LogP contribution >= 0.6 is 0 Å². The van der Waals surface area contributed by atoms with Gasteiger partial charge in [0, 0.05) is 44.4 Å². The molecule has 0 spiro atoms. The molecule has 1 atom stereocenters. The fourth-order valence-corrected chi connectivity index (χ4v) is 4.49. The molecule has 2 aromatic carbocycles. The van der Waals surface area contributed by atoms with Gasteiger partial charge in [0.05, 0.1) is 0 Å². The molecule has 8 nitrogen and oxygen atoms in total. The van der Waals surface area contributed by atoms with E-state index in [0.717, 1.165) is 0 Å². The van der Waals surface area contributed by atoms with Gasteiger partial charge < -0.3 is 19.3 Å². The number of carbonyl (C=O) groups excluding carboxylic acids is 2. The minimum atomic E-state index is -4.86. The van der Waals surface area contributed by atoms with E-state index in [4.69, 9.17) is 4.42 Å². The predicted octanol–water partition coefficient (Wildman–Crippen LogP) is 4.56. The second kappa shape index (κ2) is 11.3. The third-order valence-electron chi connectivity index (χ3n) is 6.61. The van der Waals surface area contributed by atoms with E-state index in [1.807, 2.05) is 11.0 Å². The quantitative estimate of drug-likeness (QED) is 0.337. The van der Waals surface area contributed by atoms with Crippen LogP contribution in [-0.4, -0.2) is 57.8 Å². The number of amides is 1. The van der Waals surface area contributed by atoms with Crippen molar-refractivity contribution in [1.29, 1.82) is 0 Å². The number of halogens is 3. The number of nitrogens with zero attached hydrogens (tertiary/aromatic N) is 4. The van der Waals surface area contributed by atoms with Gasteiger partial charge in [-0.05, 0) is 29.3 Å². The zero-order chi connectivity index (χ0) is 28.3. The van der Waals surface area contributed by atoms with Crippen molar-refractivity contribution in [1.82, 2.24) is 14.9 Å². The number of aromatic nitrogens is 2. The summed E-state index contributed by atoms with van der Waals surface area (Å²) in [6.07, 6.45) is -5.00. The Bertz CT molecular complexity index is 1470. The molecule has 0 saturated carbocycles. The Labute approximate surface area is 227 Å². The first kappa shape index (κ1) is 27.1. The van der Waals surface area contributed by atoms with Crippen LogP contribution in [-0.2, 0) is 17.4 Å². The maximum atomic E-state index is 13.6. The molecular formula is C29H25F3N4O4. The van der Waals surface area contributed by atoms with Crippen LogP contribution in [0.1, 0.15) is 33.5 Å². The van der Waals surface area contributed by atoms with Gasteiger partial charge in [0.1, 0.15) is 5.82 Å². The molecular weight excluding hydrogens is 525 g/mol. The summed E-state index contributed by atoms with van der Waals surface area (Å²) in [7, 11) is 0. The van der Waals surface area contributed by atoms with E-state index in [0.29, 0.717) is 48.7 Å².